The van der Waals surface area contributed by atoms with Crippen LogP contribution in [0.25, 0.3) is 0 Å². The number of aliphatic hydroxyl groups is 1. The molecule has 1 fully saturated rings. The topological polar surface area (TPSA) is 46.5 Å². The van der Waals surface area contributed by atoms with Crippen molar-refractivity contribution in [1.29, 1.82) is 0 Å². The average molecular weight is 148 g/mol. The summed E-state index contributed by atoms with van der Waals surface area (Å²) in [6, 6.07) is 0. The lowest BCUT2D eigenvalue weighted by atomic mass is 9.96. The Morgan fingerprint density at radius 1 is 1.80 bits per heavy atom. The van der Waals surface area contributed by atoms with Gasteiger partial charge < -0.3 is 9.84 Å². The van der Waals surface area contributed by atoms with Gasteiger partial charge in [-0.3, -0.25) is 4.79 Å². The van der Waals surface area contributed by atoms with Crippen molar-refractivity contribution >= 4 is 5.97 Å². The highest BCUT2D eigenvalue weighted by Gasteiger charge is 2.34. The molecule has 0 spiro atoms. The molecule has 0 saturated carbocycles. The molecule has 1 N–H and O–H groups in total. The molecule has 58 valence electrons. The molecule has 3 nitrogen and oxygen atoms in total. The molecule has 0 aromatic carbocycles. The molecule has 0 bridgehead atoms. The molecule has 1 aliphatic heterocycles. The number of carbonyl (C=O) groups excluding carboxylic acids is 1. The summed E-state index contributed by atoms with van der Waals surface area (Å²) in [5.74, 6) is -0.522. The van der Waals surface area contributed by atoms with Gasteiger partial charge in [0.15, 0.2) is 0 Å². The minimum absolute atomic E-state index is 0.124. The van der Waals surface area contributed by atoms with Gasteiger partial charge in [0.25, 0.3) is 0 Å². The van der Waals surface area contributed by atoms with Crippen molar-refractivity contribution in [2.75, 3.05) is 13.3 Å². The van der Waals surface area contributed by atoms with Crippen LogP contribution in [0.15, 0.2) is 0 Å². The van der Waals surface area contributed by atoms with Crippen molar-refractivity contribution in [3.05, 3.63) is 0 Å². The van der Waals surface area contributed by atoms with E-state index in [1.165, 1.54) is 0 Å². The fraction of sp³-hybridized carbons (Fsp3) is 0.833. The lowest BCUT2D eigenvalue weighted by Crippen LogP contribution is -2.40. The van der Waals surface area contributed by atoms with Crippen molar-refractivity contribution < 1.29 is 19.0 Å². The Balaban J connectivity index is 2.53. The molecule has 0 radical (unpaired) electrons. The molecule has 0 aromatic heterocycles. The first-order chi connectivity index (χ1) is 4.66. The zero-order valence-corrected chi connectivity index (χ0v) is 5.47. The molecule has 0 aliphatic carbocycles. The number of rotatable bonds is 1. The van der Waals surface area contributed by atoms with Gasteiger partial charge >= 0.3 is 5.97 Å². The highest BCUT2D eigenvalue weighted by atomic mass is 19.1. The van der Waals surface area contributed by atoms with Gasteiger partial charge in [0.1, 0.15) is 12.3 Å². The molecule has 4 heteroatoms. The number of halogens is 1. The second kappa shape index (κ2) is 2.54. The second-order valence-corrected chi connectivity index (χ2v) is 2.51. The number of hydrogen-bond acceptors (Lipinski definition) is 3. The standard InChI is InChI=1S/C6H9FO3/c7-4-6(9)1-2-10-5(8)3-6/h9H,1-4H2/t6-/m0/s1. The minimum atomic E-state index is -1.45. The molecule has 1 atom stereocenters. The molecular formula is C6H9FO3. The Morgan fingerprint density at radius 2 is 2.50 bits per heavy atom. The van der Waals surface area contributed by atoms with Crippen LogP contribution in [-0.4, -0.2) is 30.0 Å². The molecule has 0 aromatic rings. The van der Waals surface area contributed by atoms with Gasteiger partial charge in [0, 0.05) is 6.42 Å². The normalized spacial score (nSPS) is 33.6. The predicted molar refractivity (Wildman–Crippen MR) is 31.1 cm³/mol. The van der Waals surface area contributed by atoms with Crippen molar-refractivity contribution in [3.8, 4) is 0 Å². The van der Waals surface area contributed by atoms with E-state index in [1.807, 2.05) is 0 Å². The third kappa shape index (κ3) is 1.44. The largest absolute Gasteiger partial charge is 0.465 e. The van der Waals surface area contributed by atoms with E-state index in [1.54, 1.807) is 0 Å². The summed E-state index contributed by atoms with van der Waals surface area (Å²) in [5, 5.41) is 9.17. The summed E-state index contributed by atoms with van der Waals surface area (Å²) in [4.78, 5) is 10.5. The fourth-order valence-electron chi connectivity index (χ4n) is 0.877. The van der Waals surface area contributed by atoms with Crippen LogP contribution in [0, 0.1) is 0 Å². The Labute approximate surface area is 57.8 Å². The Kier molecular flexibility index (Phi) is 1.89. The van der Waals surface area contributed by atoms with Crippen molar-refractivity contribution in [1.82, 2.24) is 0 Å². The van der Waals surface area contributed by atoms with Gasteiger partial charge in [0.2, 0.25) is 0 Å². The first kappa shape index (κ1) is 7.47. The molecule has 0 amide bonds. The summed E-state index contributed by atoms with van der Waals surface area (Å²) in [6.45, 7) is -0.749. The highest BCUT2D eigenvalue weighted by Crippen LogP contribution is 2.21. The maximum Gasteiger partial charge on any atom is 0.308 e. The van der Waals surface area contributed by atoms with E-state index in [0.717, 1.165) is 0 Å². The van der Waals surface area contributed by atoms with E-state index in [4.69, 9.17) is 0 Å². The van der Waals surface area contributed by atoms with Crippen molar-refractivity contribution in [3.63, 3.8) is 0 Å². The van der Waals surface area contributed by atoms with E-state index < -0.39 is 18.2 Å². The van der Waals surface area contributed by atoms with Crippen molar-refractivity contribution in [2.24, 2.45) is 0 Å². The first-order valence-corrected chi connectivity index (χ1v) is 3.10. The van der Waals surface area contributed by atoms with Crippen LogP contribution in [0.2, 0.25) is 0 Å². The summed E-state index contributed by atoms with van der Waals surface area (Å²) in [5.41, 5.74) is -1.45. The minimum Gasteiger partial charge on any atom is -0.465 e. The van der Waals surface area contributed by atoms with Crippen LogP contribution in [-0.2, 0) is 9.53 Å². The Morgan fingerprint density at radius 3 is 2.90 bits per heavy atom. The van der Waals surface area contributed by atoms with Crippen LogP contribution in [0.3, 0.4) is 0 Å². The average Bonchev–Trinajstić information content (AvgIpc) is 1.88. The smallest absolute Gasteiger partial charge is 0.308 e. The highest BCUT2D eigenvalue weighted by molar-refractivity contribution is 5.71. The lowest BCUT2D eigenvalue weighted by molar-refractivity contribution is -0.160. The summed E-state index contributed by atoms with van der Waals surface area (Å²) >= 11 is 0. The third-order valence-corrected chi connectivity index (χ3v) is 1.55. The number of cyclic esters (lactones) is 1. The van der Waals surface area contributed by atoms with Crippen LogP contribution in [0.4, 0.5) is 4.39 Å². The molecular weight excluding hydrogens is 139 g/mol. The summed E-state index contributed by atoms with van der Waals surface area (Å²) in [7, 11) is 0. The van der Waals surface area contributed by atoms with Gasteiger partial charge in [0.05, 0.1) is 13.0 Å². The van der Waals surface area contributed by atoms with Gasteiger partial charge in [-0.15, -0.1) is 0 Å². The van der Waals surface area contributed by atoms with Crippen LogP contribution in [0.1, 0.15) is 12.8 Å². The SMILES string of the molecule is O=C1C[C@](O)(CF)CCO1. The lowest BCUT2D eigenvalue weighted by Gasteiger charge is -2.27. The molecule has 1 saturated heterocycles. The molecule has 1 heterocycles. The number of esters is 1. The number of hydrogen-bond donors (Lipinski definition) is 1. The molecule has 1 rings (SSSR count). The maximum absolute atomic E-state index is 12.0. The summed E-state index contributed by atoms with van der Waals surface area (Å²) in [6.07, 6.45) is -0.0151. The van der Waals surface area contributed by atoms with Crippen LogP contribution >= 0.6 is 0 Å². The summed E-state index contributed by atoms with van der Waals surface area (Å²) < 4.78 is 16.5. The third-order valence-electron chi connectivity index (χ3n) is 1.55. The Bertz CT molecular complexity index is 148. The van der Waals surface area contributed by atoms with E-state index in [0.29, 0.717) is 0 Å². The van der Waals surface area contributed by atoms with Crippen LogP contribution in [0.5, 0.6) is 0 Å². The van der Waals surface area contributed by atoms with E-state index in [9.17, 15) is 14.3 Å². The monoisotopic (exact) mass is 148 g/mol. The van der Waals surface area contributed by atoms with E-state index in [2.05, 4.69) is 4.74 Å². The molecule has 1 aliphatic rings. The first-order valence-electron chi connectivity index (χ1n) is 3.10. The van der Waals surface area contributed by atoms with Gasteiger partial charge in [-0.25, -0.2) is 4.39 Å². The Hall–Kier alpha value is -0.640. The number of carbonyl (C=O) groups is 1. The zero-order chi connectivity index (χ0) is 7.61. The second-order valence-electron chi connectivity index (χ2n) is 2.51. The quantitative estimate of drug-likeness (QED) is 0.533. The number of ether oxygens (including phenoxy) is 1. The van der Waals surface area contributed by atoms with Gasteiger partial charge in [-0.05, 0) is 0 Å². The van der Waals surface area contributed by atoms with E-state index >= 15 is 0 Å². The maximum atomic E-state index is 12.0. The predicted octanol–water partition coefficient (Wildman–Crippen LogP) is 0.0240. The fourth-order valence-corrected chi connectivity index (χ4v) is 0.877. The van der Waals surface area contributed by atoms with Crippen LogP contribution < -0.4 is 0 Å². The molecule has 10 heavy (non-hydrogen) atoms. The van der Waals surface area contributed by atoms with Gasteiger partial charge in [-0.2, -0.15) is 0 Å². The molecule has 0 unspecified atom stereocenters. The van der Waals surface area contributed by atoms with E-state index in [-0.39, 0.29) is 19.4 Å². The number of alkyl halides is 1. The van der Waals surface area contributed by atoms with Crippen molar-refractivity contribution in [2.45, 2.75) is 18.4 Å². The van der Waals surface area contributed by atoms with Gasteiger partial charge in [-0.1, -0.05) is 0 Å². The zero-order valence-electron chi connectivity index (χ0n) is 5.47.